The topological polar surface area (TPSA) is 99.5 Å². The van der Waals surface area contributed by atoms with Gasteiger partial charge in [0.05, 0.1) is 10.7 Å². The lowest BCUT2D eigenvalue weighted by Crippen LogP contribution is -2.48. The number of aliphatic carboxylic acids is 2. The minimum atomic E-state index is -1.04. The molecule has 7 heteroatoms. The first kappa shape index (κ1) is 21.8. The van der Waals surface area contributed by atoms with Crippen molar-refractivity contribution in [2.75, 3.05) is 0 Å². The second-order valence-electron chi connectivity index (χ2n) is 8.06. The Balaban J connectivity index is 1.90. The number of aromatic nitrogens is 1. The molecule has 6 nitrogen and oxygen atoms in total. The van der Waals surface area contributed by atoms with Gasteiger partial charge in [0.25, 0.3) is 0 Å². The molecule has 27 heavy (non-hydrogen) atoms. The average Bonchev–Trinajstić information content (AvgIpc) is 3.06. The summed E-state index contributed by atoms with van der Waals surface area (Å²) in [5.41, 5.74) is 0.729. The van der Waals surface area contributed by atoms with Crippen molar-refractivity contribution in [2.45, 2.75) is 83.7 Å². The van der Waals surface area contributed by atoms with Crippen LogP contribution in [-0.2, 0) is 22.4 Å². The van der Waals surface area contributed by atoms with Crippen LogP contribution in [0.4, 0.5) is 0 Å². The predicted molar refractivity (Wildman–Crippen MR) is 106 cm³/mol. The number of hydrogen-bond acceptors (Lipinski definition) is 5. The van der Waals surface area contributed by atoms with Crippen molar-refractivity contribution in [3.63, 3.8) is 0 Å². The maximum absolute atomic E-state index is 11.6. The van der Waals surface area contributed by atoms with Gasteiger partial charge >= 0.3 is 11.9 Å². The van der Waals surface area contributed by atoms with Gasteiger partial charge in [-0.1, -0.05) is 46.0 Å². The fraction of sp³-hybridized carbons (Fsp3) is 0.750. The summed E-state index contributed by atoms with van der Waals surface area (Å²) in [6.07, 6.45) is 9.36. The molecule has 1 aromatic heterocycles. The lowest BCUT2D eigenvalue weighted by molar-refractivity contribution is -0.142. The molecule has 1 unspecified atom stereocenters. The quantitative estimate of drug-likeness (QED) is 0.527. The second kappa shape index (κ2) is 10.8. The SMILES string of the molecule is CC(C)CC(N[C@@H](Cc1csc(CCC2CCCCC2)n1)C(=O)O)C(=O)O. The van der Waals surface area contributed by atoms with E-state index in [0.29, 0.717) is 6.42 Å². The van der Waals surface area contributed by atoms with Crippen LogP contribution in [0, 0.1) is 11.8 Å². The van der Waals surface area contributed by atoms with Crippen LogP contribution in [-0.4, -0.2) is 39.2 Å². The maximum atomic E-state index is 11.6. The van der Waals surface area contributed by atoms with Crippen LogP contribution in [0.2, 0.25) is 0 Å². The van der Waals surface area contributed by atoms with Crippen molar-refractivity contribution in [3.8, 4) is 0 Å². The average molecular weight is 397 g/mol. The summed E-state index contributed by atoms with van der Waals surface area (Å²) in [6.45, 7) is 3.85. The van der Waals surface area contributed by atoms with Gasteiger partial charge in [-0.25, -0.2) is 4.98 Å². The Morgan fingerprint density at radius 2 is 1.85 bits per heavy atom. The van der Waals surface area contributed by atoms with Gasteiger partial charge in [-0.2, -0.15) is 0 Å². The van der Waals surface area contributed by atoms with E-state index in [4.69, 9.17) is 0 Å². The zero-order chi connectivity index (χ0) is 19.8. The second-order valence-corrected chi connectivity index (χ2v) is 9.00. The zero-order valence-electron chi connectivity index (χ0n) is 16.3. The van der Waals surface area contributed by atoms with E-state index >= 15 is 0 Å². The van der Waals surface area contributed by atoms with Crippen LogP contribution in [0.15, 0.2) is 5.38 Å². The van der Waals surface area contributed by atoms with Crippen LogP contribution in [0.3, 0.4) is 0 Å². The highest BCUT2D eigenvalue weighted by Gasteiger charge is 2.27. The Hall–Kier alpha value is -1.47. The molecule has 0 aliphatic heterocycles. The Kier molecular flexibility index (Phi) is 8.70. The number of carboxylic acid groups (broad SMARTS) is 2. The van der Waals surface area contributed by atoms with Crippen molar-refractivity contribution in [2.24, 2.45) is 11.8 Å². The molecule has 1 aromatic rings. The minimum absolute atomic E-state index is 0.165. The maximum Gasteiger partial charge on any atom is 0.321 e. The molecule has 1 aliphatic carbocycles. The molecule has 3 N–H and O–H groups in total. The fourth-order valence-corrected chi connectivity index (χ4v) is 4.57. The van der Waals surface area contributed by atoms with Gasteiger partial charge in [-0.3, -0.25) is 14.9 Å². The number of nitrogens with zero attached hydrogens (tertiary/aromatic N) is 1. The summed E-state index contributed by atoms with van der Waals surface area (Å²) >= 11 is 1.58. The molecule has 2 atom stereocenters. The molecular formula is C20H32N2O4S. The van der Waals surface area contributed by atoms with E-state index in [1.54, 1.807) is 11.3 Å². The van der Waals surface area contributed by atoms with E-state index in [2.05, 4.69) is 10.3 Å². The molecule has 1 heterocycles. The van der Waals surface area contributed by atoms with E-state index in [9.17, 15) is 19.8 Å². The van der Waals surface area contributed by atoms with Crippen LogP contribution in [0.1, 0.15) is 69.5 Å². The summed E-state index contributed by atoms with van der Waals surface area (Å²) in [4.78, 5) is 27.6. The third-order valence-corrected chi connectivity index (χ3v) is 6.17. The summed E-state index contributed by atoms with van der Waals surface area (Å²) in [7, 11) is 0. The minimum Gasteiger partial charge on any atom is -0.480 e. The number of aryl methyl sites for hydroxylation is 1. The monoisotopic (exact) mass is 396 g/mol. The first-order valence-electron chi connectivity index (χ1n) is 10.00. The predicted octanol–water partition coefficient (Wildman–Crippen LogP) is 3.74. The van der Waals surface area contributed by atoms with Gasteiger partial charge < -0.3 is 10.2 Å². The first-order valence-corrected chi connectivity index (χ1v) is 10.9. The van der Waals surface area contributed by atoms with Crippen molar-refractivity contribution < 1.29 is 19.8 Å². The van der Waals surface area contributed by atoms with Crippen molar-refractivity contribution >= 4 is 23.3 Å². The van der Waals surface area contributed by atoms with Gasteiger partial charge in [0, 0.05) is 11.8 Å². The van der Waals surface area contributed by atoms with E-state index in [-0.39, 0.29) is 12.3 Å². The highest BCUT2D eigenvalue weighted by molar-refractivity contribution is 7.09. The molecule has 0 spiro atoms. The molecule has 0 aromatic carbocycles. The van der Waals surface area contributed by atoms with Crippen molar-refractivity contribution in [1.29, 1.82) is 0 Å². The molecule has 0 radical (unpaired) electrons. The summed E-state index contributed by atoms with van der Waals surface area (Å²) in [5, 5.41) is 24.6. The number of hydrogen-bond donors (Lipinski definition) is 3. The van der Waals surface area contributed by atoms with E-state index < -0.39 is 24.0 Å². The van der Waals surface area contributed by atoms with Gasteiger partial charge in [0.1, 0.15) is 12.1 Å². The van der Waals surface area contributed by atoms with E-state index in [1.165, 1.54) is 32.1 Å². The number of carboxylic acids is 2. The molecule has 0 bridgehead atoms. The number of thiazole rings is 1. The smallest absolute Gasteiger partial charge is 0.321 e. The Morgan fingerprint density at radius 3 is 2.44 bits per heavy atom. The highest BCUT2D eigenvalue weighted by Crippen LogP contribution is 2.28. The van der Waals surface area contributed by atoms with Crippen molar-refractivity contribution in [3.05, 3.63) is 16.1 Å². The molecule has 2 rings (SSSR count). The lowest BCUT2D eigenvalue weighted by atomic mass is 9.86. The lowest BCUT2D eigenvalue weighted by Gasteiger charge is -2.21. The van der Waals surface area contributed by atoms with Crippen LogP contribution < -0.4 is 5.32 Å². The standard InChI is InChI=1S/C20H32N2O4S/c1-13(2)10-16(19(23)24)22-17(20(25)26)11-15-12-27-18(21-15)9-8-14-6-4-3-5-7-14/h12-14,16-17,22H,3-11H2,1-2H3,(H,23,24)(H,25,26)/t16?,17-/m0/s1. The summed E-state index contributed by atoms with van der Waals surface area (Å²) in [6, 6.07) is -1.81. The van der Waals surface area contributed by atoms with Gasteiger partial charge in [0.15, 0.2) is 0 Å². The third-order valence-electron chi connectivity index (χ3n) is 5.21. The van der Waals surface area contributed by atoms with Crippen LogP contribution >= 0.6 is 11.3 Å². The molecule has 1 saturated carbocycles. The largest absolute Gasteiger partial charge is 0.480 e. The highest BCUT2D eigenvalue weighted by atomic mass is 32.1. The molecule has 1 aliphatic rings. The van der Waals surface area contributed by atoms with Crippen LogP contribution in [0.5, 0.6) is 0 Å². The van der Waals surface area contributed by atoms with Crippen LogP contribution in [0.25, 0.3) is 0 Å². The normalized spacial score (nSPS) is 17.7. The molecule has 0 amide bonds. The number of carbonyl (C=O) groups is 2. The van der Waals surface area contributed by atoms with Gasteiger partial charge in [-0.15, -0.1) is 11.3 Å². The summed E-state index contributed by atoms with van der Waals surface area (Å²) < 4.78 is 0. The third kappa shape index (κ3) is 7.58. The zero-order valence-corrected chi connectivity index (χ0v) is 17.1. The van der Waals surface area contributed by atoms with Gasteiger partial charge in [-0.05, 0) is 31.1 Å². The Morgan fingerprint density at radius 1 is 1.19 bits per heavy atom. The number of rotatable bonds is 11. The molecular weight excluding hydrogens is 364 g/mol. The first-order chi connectivity index (χ1) is 12.8. The fourth-order valence-electron chi connectivity index (χ4n) is 3.74. The molecule has 1 fully saturated rings. The van der Waals surface area contributed by atoms with Gasteiger partial charge in [0.2, 0.25) is 0 Å². The van der Waals surface area contributed by atoms with Crippen molar-refractivity contribution in [1.82, 2.24) is 10.3 Å². The molecule has 0 saturated heterocycles. The summed E-state index contributed by atoms with van der Waals surface area (Å²) in [5.74, 6) is -1.09. The van der Waals surface area contributed by atoms with E-state index in [0.717, 1.165) is 29.5 Å². The number of nitrogens with one attached hydrogen (secondary N) is 1. The Labute approximate surface area is 165 Å². The Bertz CT molecular complexity index is 611. The molecule has 152 valence electrons. The van der Waals surface area contributed by atoms with E-state index in [1.807, 2.05) is 19.2 Å².